The van der Waals surface area contributed by atoms with Crippen LogP contribution in [0.15, 0.2) is 70.9 Å². The van der Waals surface area contributed by atoms with Gasteiger partial charge in [0.25, 0.3) is 5.91 Å². The highest BCUT2D eigenvalue weighted by Crippen LogP contribution is 2.30. The first-order valence-corrected chi connectivity index (χ1v) is 12.4. The summed E-state index contributed by atoms with van der Waals surface area (Å²) in [5, 5.41) is 4.32. The second-order valence-electron chi connectivity index (χ2n) is 7.55. The van der Waals surface area contributed by atoms with Gasteiger partial charge in [-0.15, -0.1) is 11.3 Å². The fourth-order valence-corrected chi connectivity index (χ4v) is 6.46. The second-order valence-corrected chi connectivity index (χ2v) is 10.4. The summed E-state index contributed by atoms with van der Waals surface area (Å²) >= 11 is 1.06. The zero-order valence-electron chi connectivity index (χ0n) is 17.5. The van der Waals surface area contributed by atoms with Gasteiger partial charge < -0.3 is 10.2 Å². The van der Waals surface area contributed by atoms with Crippen molar-refractivity contribution in [3.05, 3.63) is 82.0 Å². The monoisotopic (exact) mass is 469 g/mol. The third kappa shape index (κ3) is 4.59. The third-order valence-electron chi connectivity index (χ3n) is 5.32. The van der Waals surface area contributed by atoms with Gasteiger partial charge in [-0.05, 0) is 41.1 Å². The molecular formula is C23H23N3O4S2. The second kappa shape index (κ2) is 9.23. The van der Waals surface area contributed by atoms with Crippen LogP contribution >= 0.6 is 11.3 Å². The number of fused-ring (bicyclic) bond motifs is 1. The number of carbonyl (C=O) groups excluding carboxylic acids is 2. The molecule has 1 aliphatic rings. The largest absolute Gasteiger partial charge is 0.332 e. The number of benzene rings is 2. The van der Waals surface area contributed by atoms with Crippen LogP contribution < -0.4 is 5.32 Å². The molecule has 0 unspecified atom stereocenters. The number of thiophene rings is 1. The van der Waals surface area contributed by atoms with Gasteiger partial charge in [0.1, 0.15) is 9.77 Å². The Balaban J connectivity index is 1.49. The van der Waals surface area contributed by atoms with Crippen molar-refractivity contribution in [2.24, 2.45) is 0 Å². The van der Waals surface area contributed by atoms with Gasteiger partial charge in [-0.2, -0.15) is 4.31 Å². The van der Waals surface area contributed by atoms with Crippen molar-refractivity contribution in [2.75, 3.05) is 25.5 Å². The summed E-state index contributed by atoms with van der Waals surface area (Å²) in [7, 11) is -2.37. The van der Waals surface area contributed by atoms with Crippen molar-refractivity contribution in [1.29, 1.82) is 0 Å². The average molecular weight is 470 g/mol. The maximum Gasteiger partial charge on any atom is 0.265 e. The van der Waals surface area contributed by atoms with Crippen LogP contribution in [0.1, 0.15) is 20.8 Å². The minimum atomic E-state index is -3.85. The molecule has 2 heterocycles. The van der Waals surface area contributed by atoms with E-state index in [9.17, 15) is 18.0 Å². The van der Waals surface area contributed by atoms with Crippen molar-refractivity contribution in [3.63, 3.8) is 0 Å². The van der Waals surface area contributed by atoms with Crippen LogP contribution in [-0.4, -0.2) is 49.6 Å². The molecule has 166 valence electrons. The summed E-state index contributed by atoms with van der Waals surface area (Å²) in [6, 6.07) is 18.2. The average Bonchev–Trinajstić information content (AvgIpc) is 3.29. The standard InChI is InChI=1S/C23H23N3O4S2/c1-25(16-21(27)24-19-9-3-2-4-10-19)23(28)22-20(12-14-31-22)32(29,30)26-13-11-17-7-5-6-8-18(17)15-26/h2-10,12,14H,11,13,15-16H2,1H3,(H,24,27). The van der Waals surface area contributed by atoms with Gasteiger partial charge in [0, 0.05) is 25.8 Å². The highest BCUT2D eigenvalue weighted by molar-refractivity contribution is 7.89. The van der Waals surface area contributed by atoms with Gasteiger partial charge >= 0.3 is 0 Å². The number of para-hydroxylation sites is 1. The fraction of sp³-hybridized carbons (Fsp3) is 0.217. The molecule has 0 aliphatic carbocycles. The Morgan fingerprint density at radius 1 is 1.03 bits per heavy atom. The number of nitrogens with one attached hydrogen (secondary N) is 1. The molecule has 1 aliphatic heterocycles. The Bertz CT molecular complexity index is 1240. The predicted molar refractivity (Wildman–Crippen MR) is 124 cm³/mol. The number of rotatable bonds is 6. The van der Waals surface area contributed by atoms with E-state index in [-0.39, 0.29) is 28.8 Å². The zero-order valence-corrected chi connectivity index (χ0v) is 19.2. The summed E-state index contributed by atoms with van der Waals surface area (Å²) < 4.78 is 28.1. The number of carbonyl (C=O) groups is 2. The molecule has 4 rings (SSSR count). The fourth-order valence-electron chi connectivity index (χ4n) is 3.65. The van der Waals surface area contributed by atoms with E-state index in [1.54, 1.807) is 29.6 Å². The molecule has 9 heteroatoms. The van der Waals surface area contributed by atoms with Gasteiger partial charge in [0.2, 0.25) is 15.9 Å². The smallest absolute Gasteiger partial charge is 0.265 e. The summed E-state index contributed by atoms with van der Waals surface area (Å²) in [5.41, 5.74) is 2.74. The van der Waals surface area contributed by atoms with Crippen LogP contribution in [0.3, 0.4) is 0 Å². The van der Waals surface area contributed by atoms with E-state index in [4.69, 9.17) is 0 Å². The molecule has 0 fully saturated rings. The quantitative estimate of drug-likeness (QED) is 0.601. The van der Waals surface area contributed by atoms with Crippen LogP contribution in [0.25, 0.3) is 0 Å². The normalized spacial score (nSPS) is 13.9. The van der Waals surface area contributed by atoms with Gasteiger partial charge in [-0.1, -0.05) is 42.5 Å². The van der Waals surface area contributed by atoms with E-state index in [1.807, 2.05) is 30.3 Å². The number of hydrogen-bond acceptors (Lipinski definition) is 5. The first-order chi connectivity index (χ1) is 15.4. The molecular weight excluding hydrogens is 446 g/mol. The maximum atomic E-state index is 13.4. The number of likely N-dealkylation sites (N-methyl/N-ethyl adjacent to an activating group) is 1. The molecule has 0 spiro atoms. The van der Waals surface area contributed by atoms with E-state index in [1.165, 1.54) is 22.3 Å². The SMILES string of the molecule is CN(CC(=O)Nc1ccccc1)C(=O)c1sccc1S(=O)(=O)N1CCc2ccccc2C1. The predicted octanol–water partition coefficient (Wildman–Crippen LogP) is 3.21. The van der Waals surface area contributed by atoms with Crippen LogP contribution in [0, 0.1) is 0 Å². The number of amides is 2. The van der Waals surface area contributed by atoms with Crippen LogP contribution in [0.5, 0.6) is 0 Å². The van der Waals surface area contributed by atoms with E-state index in [0.717, 1.165) is 22.5 Å². The third-order valence-corrected chi connectivity index (χ3v) is 8.24. The van der Waals surface area contributed by atoms with E-state index >= 15 is 0 Å². The minimum Gasteiger partial charge on any atom is -0.332 e. The van der Waals surface area contributed by atoms with Crippen molar-refractivity contribution in [1.82, 2.24) is 9.21 Å². The number of anilines is 1. The van der Waals surface area contributed by atoms with Crippen LogP contribution in [0.2, 0.25) is 0 Å². The molecule has 1 N–H and O–H groups in total. The lowest BCUT2D eigenvalue weighted by atomic mass is 10.0. The van der Waals surface area contributed by atoms with Gasteiger partial charge in [-0.25, -0.2) is 8.42 Å². The number of hydrogen-bond donors (Lipinski definition) is 1. The van der Waals surface area contributed by atoms with Crippen molar-refractivity contribution in [3.8, 4) is 0 Å². The van der Waals surface area contributed by atoms with Gasteiger partial charge in [0.05, 0.1) is 6.54 Å². The Hall–Kier alpha value is -3.01. The molecule has 2 aromatic carbocycles. The number of nitrogens with zero attached hydrogens (tertiary/aromatic N) is 2. The summed E-state index contributed by atoms with van der Waals surface area (Å²) in [4.78, 5) is 26.7. The van der Waals surface area contributed by atoms with Crippen LogP contribution in [0.4, 0.5) is 5.69 Å². The van der Waals surface area contributed by atoms with Gasteiger partial charge in [-0.3, -0.25) is 9.59 Å². The Kier molecular flexibility index (Phi) is 6.40. The summed E-state index contributed by atoms with van der Waals surface area (Å²) in [5.74, 6) is -0.861. The lowest BCUT2D eigenvalue weighted by Crippen LogP contribution is -2.38. The highest BCUT2D eigenvalue weighted by atomic mass is 32.2. The van der Waals surface area contributed by atoms with E-state index in [2.05, 4.69) is 5.32 Å². The van der Waals surface area contributed by atoms with Crippen LogP contribution in [-0.2, 0) is 27.8 Å². The zero-order chi connectivity index (χ0) is 22.7. The molecule has 32 heavy (non-hydrogen) atoms. The van der Waals surface area contributed by atoms with Crippen molar-refractivity contribution in [2.45, 2.75) is 17.9 Å². The highest BCUT2D eigenvalue weighted by Gasteiger charge is 2.33. The topological polar surface area (TPSA) is 86.8 Å². The molecule has 3 aromatic rings. The first kappa shape index (κ1) is 22.2. The molecule has 0 radical (unpaired) electrons. The Morgan fingerprint density at radius 3 is 2.47 bits per heavy atom. The Labute approximate surface area is 191 Å². The van der Waals surface area contributed by atoms with Gasteiger partial charge in [0.15, 0.2) is 0 Å². The lowest BCUT2D eigenvalue weighted by Gasteiger charge is -2.28. The molecule has 1 aromatic heterocycles. The molecule has 7 nitrogen and oxygen atoms in total. The minimum absolute atomic E-state index is 0.0119. The summed E-state index contributed by atoms with van der Waals surface area (Å²) in [6.07, 6.45) is 0.627. The summed E-state index contributed by atoms with van der Waals surface area (Å²) in [6.45, 7) is 0.442. The first-order valence-electron chi connectivity index (χ1n) is 10.1. The maximum absolute atomic E-state index is 13.4. The molecule has 0 saturated heterocycles. The lowest BCUT2D eigenvalue weighted by molar-refractivity contribution is -0.116. The molecule has 2 amide bonds. The van der Waals surface area contributed by atoms with Crippen molar-refractivity contribution >= 4 is 38.9 Å². The van der Waals surface area contributed by atoms with E-state index < -0.39 is 15.9 Å². The molecule has 0 saturated carbocycles. The Morgan fingerprint density at radius 2 is 1.72 bits per heavy atom. The van der Waals surface area contributed by atoms with E-state index in [0.29, 0.717) is 18.7 Å². The van der Waals surface area contributed by atoms with Crippen molar-refractivity contribution < 1.29 is 18.0 Å². The molecule has 0 bridgehead atoms. The number of sulfonamides is 1. The molecule has 0 atom stereocenters.